The van der Waals surface area contributed by atoms with Crippen LogP contribution in [0.2, 0.25) is 0 Å². The molecule has 0 fully saturated rings. The monoisotopic (exact) mass is 594 g/mol. The largest absolute Gasteiger partial charge is 0.361 e. The van der Waals surface area contributed by atoms with Gasteiger partial charge in [-0.2, -0.15) is 0 Å². The van der Waals surface area contributed by atoms with Gasteiger partial charge in [0, 0.05) is 44.4 Å². The van der Waals surface area contributed by atoms with Gasteiger partial charge in [-0.05, 0) is 82.3 Å². The van der Waals surface area contributed by atoms with Crippen LogP contribution in [0, 0.1) is 3.57 Å². The summed E-state index contributed by atoms with van der Waals surface area (Å²) in [6.45, 7) is 0. The maximum atomic E-state index is 13.2. The molecule has 0 bridgehead atoms. The van der Waals surface area contributed by atoms with E-state index in [1.807, 2.05) is 54.7 Å². The zero-order valence-electron chi connectivity index (χ0n) is 19.0. The van der Waals surface area contributed by atoms with Crippen LogP contribution < -0.4 is 16.1 Å². The third-order valence-corrected chi connectivity index (χ3v) is 6.26. The number of fused-ring (bicyclic) bond motifs is 1. The quantitative estimate of drug-likeness (QED) is 0.0905. The summed E-state index contributed by atoms with van der Waals surface area (Å²) in [6.07, 6.45) is 5.06. The summed E-state index contributed by atoms with van der Waals surface area (Å²) in [6, 6.07) is 20.7. The Morgan fingerprint density at radius 1 is 0.972 bits per heavy atom. The molecule has 0 radical (unpaired) electrons. The molecule has 36 heavy (non-hydrogen) atoms. The van der Waals surface area contributed by atoms with Gasteiger partial charge < -0.3 is 15.6 Å². The van der Waals surface area contributed by atoms with Crippen LogP contribution in [-0.2, 0) is 16.0 Å². The number of para-hydroxylation sites is 1. The number of aromatic amines is 1. The predicted octanol–water partition coefficient (Wildman–Crippen LogP) is 4.27. The van der Waals surface area contributed by atoms with Crippen molar-refractivity contribution < 1.29 is 19.6 Å². The van der Waals surface area contributed by atoms with Crippen LogP contribution in [0.15, 0.2) is 85.1 Å². The van der Waals surface area contributed by atoms with E-state index in [4.69, 9.17) is 5.21 Å². The van der Waals surface area contributed by atoms with Gasteiger partial charge in [-0.3, -0.25) is 19.6 Å². The van der Waals surface area contributed by atoms with Crippen molar-refractivity contribution in [2.45, 2.75) is 12.5 Å². The summed E-state index contributed by atoms with van der Waals surface area (Å²) < 4.78 is 1.05. The number of anilines is 1. The Kier molecular flexibility index (Phi) is 8.13. The maximum absolute atomic E-state index is 13.2. The molecule has 182 valence electrons. The number of hydroxylamine groups is 1. The van der Waals surface area contributed by atoms with E-state index in [0.29, 0.717) is 17.7 Å². The Balaban J connectivity index is 1.50. The molecule has 0 aliphatic heterocycles. The number of aromatic nitrogens is 1. The zero-order chi connectivity index (χ0) is 25.5. The molecule has 0 aliphatic rings. The normalized spacial score (nSPS) is 11.8. The molecule has 4 aromatic rings. The highest BCUT2D eigenvalue weighted by Gasteiger charge is 2.22. The molecule has 3 aromatic carbocycles. The molecular formula is C27H23IN4O4. The smallest absolute Gasteiger partial charge is 0.274 e. The maximum Gasteiger partial charge on any atom is 0.274 e. The fourth-order valence-electron chi connectivity index (χ4n) is 3.69. The molecule has 1 heterocycles. The fraction of sp³-hybridized carbons (Fsp3) is 0.0741. The minimum Gasteiger partial charge on any atom is -0.361 e. The van der Waals surface area contributed by atoms with E-state index < -0.39 is 17.9 Å². The molecule has 5 N–H and O–H groups in total. The third kappa shape index (κ3) is 6.37. The summed E-state index contributed by atoms with van der Waals surface area (Å²) in [5.74, 6) is -1.39. The van der Waals surface area contributed by atoms with Crippen LogP contribution in [-0.4, -0.2) is 34.0 Å². The van der Waals surface area contributed by atoms with E-state index in [-0.39, 0.29) is 11.5 Å². The fourth-order valence-corrected chi connectivity index (χ4v) is 4.05. The van der Waals surface area contributed by atoms with Crippen molar-refractivity contribution in [3.8, 4) is 0 Å². The van der Waals surface area contributed by atoms with Gasteiger partial charge in [0.1, 0.15) is 6.04 Å². The number of carbonyl (C=O) groups is 3. The van der Waals surface area contributed by atoms with Crippen LogP contribution in [0.5, 0.6) is 0 Å². The summed E-state index contributed by atoms with van der Waals surface area (Å²) in [5, 5.41) is 15.4. The average Bonchev–Trinajstić information content (AvgIpc) is 3.31. The standard InChI is InChI=1S/C27H23IN4O4/c28-20-10-12-21(13-11-20)30-27(35)24(15-19-16-29-23-4-2-1-3-22(19)23)31-25(33)14-7-17-5-8-18(9-6-17)26(34)32-36/h1-14,16,24,29,36H,15H2,(H,30,35)(H,31,33)(H,32,34)/b14-7+/t24-/m0/s1. The van der Waals surface area contributed by atoms with Crippen molar-refractivity contribution >= 4 is 63.0 Å². The van der Waals surface area contributed by atoms with Crippen LogP contribution in [0.1, 0.15) is 21.5 Å². The Bertz CT molecular complexity index is 1410. The highest BCUT2D eigenvalue weighted by Crippen LogP contribution is 2.20. The molecule has 8 nitrogen and oxygen atoms in total. The predicted molar refractivity (Wildman–Crippen MR) is 146 cm³/mol. The van der Waals surface area contributed by atoms with Gasteiger partial charge in [-0.25, -0.2) is 5.48 Å². The Labute approximate surface area is 220 Å². The van der Waals surface area contributed by atoms with E-state index in [9.17, 15) is 14.4 Å². The molecule has 0 unspecified atom stereocenters. The molecule has 0 saturated carbocycles. The number of hydrogen-bond donors (Lipinski definition) is 5. The van der Waals surface area contributed by atoms with Crippen LogP contribution in [0.3, 0.4) is 0 Å². The summed E-state index contributed by atoms with van der Waals surface area (Å²) >= 11 is 2.19. The van der Waals surface area contributed by atoms with Crippen molar-refractivity contribution in [2.24, 2.45) is 0 Å². The molecule has 9 heteroatoms. The minimum atomic E-state index is -0.823. The van der Waals surface area contributed by atoms with Crippen molar-refractivity contribution in [3.05, 3.63) is 105 Å². The second-order valence-corrected chi connectivity index (χ2v) is 9.26. The average molecular weight is 594 g/mol. The third-order valence-electron chi connectivity index (χ3n) is 5.55. The topological polar surface area (TPSA) is 123 Å². The highest BCUT2D eigenvalue weighted by molar-refractivity contribution is 14.1. The molecule has 0 saturated heterocycles. The lowest BCUT2D eigenvalue weighted by molar-refractivity contribution is -0.123. The van der Waals surface area contributed by atoms with Crippen LogP contribution >= 0.6 is 22.6 Å². The van der Waals surface area contributed by atoms with Gasteiger partial charge in [0.2, 0.25) is 11.8 Å². The SMILES string of the molecule is O=C(/C=C/c1ccc(C(=O)NO)cc1)N[C@@H](Cc1c[nH]c2ccccc12)C(=O)Nc1ccc(I)cc1. The van der Waals surface area contributed by atoms with Gasteiger partial charge in [-0.15, -0.1) is 0 Å². The second kappa shape index (κ2) is 11.6. The van der Waals surface area contributed by atoms with E-state index in [1.54, 1.807) is 23.7 Å². The van der Waals surface area contributed by atoms with Gasteiger partial charge in [0.15, 0.2) is 0 Å². The first-order valence-corrected chi connectivity index (χ1v) is 12.2. The van der Waals surface area contributed by atoms with Gasteiger partial charge in [0.05, 0.1) is 0 Å². The highest BCUT2D eigenvalue weighted by atomic mass is 127. The van der Waals surface area contributed by atoms with E-state index >= 15 is 0 Å². The van der Waals surface area contributed by atoms with Crippen LogP contribution in [0.4, 0.5) is 5.69 Å². The minimum absolute atomic E-state index is 0.283. The number of amides is 3. The van der Waals surface area contributed by atoms with Crippen molar-refractivity contribution in [3.63, 3.8) is 0 Å². The number of halogens is 1. The Morgan fingerprint density at radius 2 is 1.69 bits per heavy atom. The van der Waals surface area contributed by atoms with Crippen molar-refractivity contribution in [2.75, 3.05) is 5.32 Å². The number of nitrogens with one attached hydrogen (secondary N) is 4. The molecule has 0 spiro atoms. The van der Waals surface area contributed by atoms with Crippen molar-refractivity contribution in [1.29, 1.82) is 0 Å². The molecule has 0 aliphatic carbocycles. The lowest BCUT2D eigenvalue weighted by atomic mass is 10.0. The van der Waals surface area contributed by atoms with E-state index in [0.717, 1.165) is 20.0 Å². The lowest BCUT2D eigenvalue weighted by Crippen LogP contribution is -2.44. The Hall–Kier alpha value is -3.96. The zero-order valence-corrected chi connectivity index (χ0v) is 21.2. The van der Waals surface area contributed by atoms with Gasteiger partial charge in [0.25, 0.3) is 5.91 Å². The number of benzene rings is 3. The molecule has 1 atom stereocenters. The first-order chi connectivity index (χ1) is 17.4. The van der Waals surface area contributed by atoms with E-state index in [1.165, 1.54) is 18.2 Å². The van der Waals surface area contributed by atoms with Gasteiger partial charge >= 0.3 is 0 Å². The number of rotatable bonds is 8. The van der Waals surface area contributed by atoms with Crippen molar-refractivity contribution in [1.82, 2.24) is 15.8 Å². The molecule has 3 amide bonds. The molecular weight excluding hydrogens is 571 g/mol. The van der Waals surface area contributed by atoms with Gasteiger partial charge in [-0.1, -0.05) is 30.3 Å². The first kappa shape index (κ1) is 25.1. The molecule has 1 aromatic heterocycles. The second-order valence-electron chi connectivity index (χ2n) is 8.02. The number of H-pyrrole nitrogens is 1. The summed E-state index contributed by atoms with van der Waals surface area (Å²) in [5.41, 5.74) is 5.04. The Morgan fingerprint density at radius 3 is 2.42 bits per heavy atom. The number of hydrogen-bond acceptors (Lipinski definition) is 4. The lowest BCUT2D eigenvalue weighted by Gasteiger charge is -2.18. The number of carbonyl (C=O) groups excluding carboxylic acids is 3. The first-order valence-electron chi connectivity index (χ1n) is 11.1. The summed E-state index contributed by atoms with van der Waals surface area (Å²) in [4.78, 5) is 40.6. The van der Waals surface area contributed by atoms with Crippen LogP contribution in [0.25, 0.3) is 17.0 Å². The summed E-state index contributed by atoms with van der Waals surface area (Å²) in [7, 11) is 0. The molecule has 4 rings (SSSR count). The van der Waals surface area contributed by atoms with E-state index in [2.05, 4.69) is 38.2 Å².